The third-order valence-corrected chi connectivity index (χ3v) is 1.32. The van der Waals surface area contributed by atoms with Crippen LogP contribution < -0.4 is 0 Å². The molecule has 0 fully saturated rings. The lowest BCUT2D eigenvalue weighted by Crippen LogP contribution is -1.94. The predicted molar refractivity (Wildman–Crippen MR) is 40.2 cm³/mol. The van der Waals surface area contributed by atoms with Gasteiger partial charge in [-0.15, -0.1) is 0 Å². The van der Waals surface area contributed by atoms with Gasteiger partial charge in [0, 0.05) is 12.2 Å². The lowest BCUT2D eigenvalue weighted by atomic mass is 10.2. The van der Waals surface area contributed by atoms with E-state index in [-0.39, 0.29) is 12.6 Å². The van der Waals surface area contributed by atoms with Crippen LogP contribution in [0.3, 0.4) is 0 Å². The lowest BCUT2D eigenvalue weighted by Gasteiger charge is -1.90. The summed E-state index contributed by atoms with van der Waals surface area (Å²) in [7, 11) is 1.29. The van der Waals surface area contributed by atoms with E-state index in [4.69, 9.17) is 0 Å². The molecule has 4 heteroatoms. The zero-order valence-electron chi connectivity index (χ0n) is 6.57. The highest BCUT2D eigenvalue weighted by Crippen LogP contribution is 2.06. The predicted octanol–water partition coefficient (Wildman–Crippen LogP) is 0.199. The summed E-state index contributed by atoms with van der Waals surface area (Å²) in [5.41, 5.74) is 0.672. The molecule has 0 radical (unpaired) electrons. The SMILES string of the molecule is COC(=O)/C=C/C1=CC(=O)OC1. The Morgan fingerprint density at radius 3 is 3.00 bits per heavy atom. The monoisotopic (exact) mass is 168 g/mol. The van der Waals surface area contributed by atoms with E-state index in [0.717, 1.165) is 0 Å². The van der Waals surface area contributed by atoms with Crippen molar-refractivity contribution in [1.29, 1.82) is 0 Å². The average Bonchev–Trinajstić information content (AvgIpc) is 2.47. The van der Waals surface area contributed by atoms with Gasteiger partial charge in [0.1, 0.15) is 6.61 Å². The zero-order valence-corrected chi connectivity index (χ0v) is 6.57. The number of carbonyl (C=O) groups excluding carboxylic acids is 2. The molecule has 1 heterocycles. The first kappa shape index (κ1) is 8.52. The van der Waals surface area contributed by atoms with Gasteiger partial charge in [0.15, 0.2) is 0 Å². The van der Waals surface area contributed by atoms with Gasteiger partial charge in [0.05, 0.1) is 7.11 Å². The molecule has 0 saturated carbocycles. The topological polar surface area (TPSA) is 52.6 Å². The summed E-state index contributed by atoms with van der Waals surface area (Å²) in [6, 6.07) is 0. The fourth-order valence-corrected chi connectivity index (χ4v) is 0.729. The first-order valence-electron chi connectivity index (χ1n) is 3.36. The van der Waals surface area contributed by atoms with Gasteiger partial charge in [0.25, 0.3) is 0 Å². The number of methoxy groups -OCH3 is 1. The van der Waals surface area contributed by atoms with Crippen molar-refractivity contribution in [2.45, 2.75) is 0 Å². The van der Waals surface area contributed by atoms with Crippen molar-refractivity contribution in [3.05, 3.63) is 23.8 Å². The Morgan fingerprint density at radius 1 is 1.75 bits per heavy atom. The van der Waals surface area contributed by atoms with Gasteiger partial charge in [-0.1, -0.05) is 0 Å². The van der Waals surface area contributed by atoms with Crippen LogP contribution in [-0.4, -0.2) is 25.7 Å². The highest BCUT2D eigenvalue weighted by atomic mass is 16.5. The molecule has 4 nitrogen and oxygen atoms in total. The normalized spacial score (nSPS) is 16.1. The quantitative estimate of drug-likeness (QED) is 0.436. The molecule has 0 aromatic rings. The molecule has 12 heavy (non-hydrogen) atoms. The van der Waals surface area contributed by atoms with Crippen LogP contribution in [0.25, 0.3) is 0 Å². The van der Waals surface area contributed by atoms with Gasteiger partial charge >= 0.3 is 11.9 Å². The van der Waals surface area contributed by atoms with E-state index in [0.29, 0.717) is 5.57 Å². The van der Waals surface area contributed by atoms with Crippen LogP contribution >= 0.6 is 0 Å². The lowest BCUT2D eigenvalue weighted by molar-refractivity contribution is -0.135. The molecule has 0 N–H and O–H groups in total. The van der Waals surface area contributed by atoms with Crippen LogP contribution in [0, 0.1) is 0 Å². The second-order valence-corrected chi connectivity index (χ2v) is 2.18. The number of rotatable bonds is 2. The molecule has 0 saturated heterocycles. The Labute approximate surface area is 69.5 Å². The summed E-state index contributed by atoms with van der Waals surface area (Å²) in [5.74, 6) is -0.824. The molecule has 0 amide bonds. The summed E-state index contributed by atoms with van der Waals surface area (Å²) in [6.45, 7) is 0.228. The Hall–Kier alpha value is -1.58. The van der Waals surface area contributed by atoms with E-state index in [1.807, 2.05) is 0 Å². The molecule has 0 spiro atoms. The summed E-state index contributed by atoms with van der Waals surface area (Å²) in [6.07, 6.45) is 4.07. The molecular weight excluding hydrogens is 160 g/mol. The van der Waals surface area contributed by atoms with Crippen molar-refractivity contribution < 1.29 is 19.1 Å². The van der Waals surface area contributed by atoms with E-state index in [2.05, 4.69) is 9.47 Å². The Kier molecular flexibility index (Phi) is 2.63. The molecular formula is C8H8O4. The molecule has 0 atom stereocenters. The maximum atomic E-state index is 10.6. The molecule has 0 aliphatic carbocycles. The van der Waals surface area contributed by atoms with E-state index in [1.165, 1.54) is 25.3 Å². The first-order valence-corrected chi connectivity index (χ1v) is 3.36. The number of carbonyl (C=O) groups is 2. The second kappa shape index (κ2) is 3.71. The minimum atomic E-state index is -0.449. The summed E-state index contributed by atoms with van der Waals surface area (Å²) >= 11 is 0. The van der Waals surface area contributed by atoms with Gasteiger partial charge in [-0.2, -0.15) is 0 Å². The first-order chi connectivity index (χ1) is 5.72. The van der Waals surface area contributed by atoms with Gasteiger partial charge in [-0.3, -0.25) is 0 Å². The zero-order chi connectivity index (χ0) is 8.97. The smallest absolute Gasteiger partial charge is 0.331 e. The van der Waals surface area contributed by atoms with E-state index < -0.39 is 5.97 Å². The summed E-state index contributed by atoms with van der Waals surface area (Å²) in [5, 5.41) is 0. The number of hydrogen-bond donors (Lipinski definition) is 0. The van der Waals surface area contributed by atoms with Gasteiger partial charge in [-0.05, 0) is 11.6 Å². The summed E-state index contributed by atoms with van der Waals surface area (Å²) < 4.78 is 8.95. The number of cyclic esters (lactones) is 1. The third kappa shape index (κ3) is 2.23. The van der Waals surface area contributed by atoms with Crippen LogP contribution in [0.4, 0.5) is 0 Å². The fraction of sp³-hybridized carbons (Fsp3) is 0.250. The second-order valence-electron chi connectivity index (χ2n) is 2.18. The van der Waals surface area contributed by atoms with Crippen LogP contribution in [-0.2, 0) is 19.1 Å². The number of ether oxygens (including phenoxy) is 2. The molecule has 0 bridgehead atoms. The van der Waals surface area contributed by atoms with Crippen LogP contribution in [0.15, 0.2) is 23.8 Å². The minimum absolute atomic E-state index is 0.228. The Morgan fingerprint density at radius 2 is 2.50 bits per heavy atom. The van der Waals surface area contributed by atoms with Crippen molar-refractivity contribution in [2.75, 3.05) is 13.7 Å². The molecule has 1 aliphatic rings. The van der Waals surface area contributed by atoms with Crippen LogP contribution in [0.5, 0.6) is 0 Å². The molecule has 0 unspecified atom stereocenters. The Bertz CT molecular complexity index is 262. The maximum absolute atomic E-state index is 10.6. The van der Waals surface area contributed by atoms with Crippen molar-refractivity contribution in [3.63, 3.8) is 0 Å². The van der Waals surface area contributed by atoms with E-state index in [9.17, 15) is 9.59 Å². The van der Waals surface area contributed by atoms with E-state index >= 15 is 0 Å². The minimum Gasteiger partial charge on any atom is -0.466 e. The molecule has 1 aliphatic heterocycles. The van der Waals surface area contributed by atoms with Crippen molar-refractivity contribution in [3.8, 4) is 0 Å². The molecule has 64 valence electrons. The Balaban J connectivity index is 2.52. The summed E-state index contributed by atoms with van der Waals surface area (Å²) in [4.78, 5) is 21.1. The van der Waals surface area contributed by atoms with Crippen molar-refractivity contribution in [2.24, 2.45) is 0 Å². The average molecular weight is 168 g/mol. The highest BCUT2D eigenvalue weighted by molar-refractivity contribution is 5.87. The van der Waals surface area contributed by atoms with Crippen molar-refractivity contribution in [1.82, 2.24) is 0 Å². The van der Waals surface area contributed by atoms with E-state index in [1.54, 1.807) is 0 Å². The van der Waals surface area contributed by atoms with Gasteiger partial charge in [-0.25, -0.2) is 9.59 Å². The standard InChI is InChI=1S/C8H8O4/c1-11-7(9)3-2-6-4-8(10)12-5-6/h2-4H,5H2,1H3/b3-2+. The molecule has 0 aromatic carbocycles. The van der Waals surface area contributed by atoms with Gasteiger partial charge in [0.2, 0.25) is 0 Å². The largest absolute Gasteiger partial charge is 0.466 e. The third-order valence-electron chi connectivity index (χ3n) is 1.32. The van der Waals surface area contributed by atoms with Gasteiger partial charge < -0.3 is 9.47 Å². The molecule has 0 aromatic heterocycles. The maximum Gasteiger partial charge on any atom is 0.331 e. The van der Waals surface area contributed by atoms with Crippen LogP contribution in [0.2, 0.25) is 0 Å². The fourth-order valence-electron chi connectivity index (χ4n) is 0.729. The molecule has 1 rings (SSSR count). The number of esters is 2. The van der Waals surface area contributed by atoms with Crippen LogP contribution in [0.1, 0.15) is 0 Å². The van der Waals surface area contributed by atoms with Crippen molar-refractivity contribution >= 4 is 11.9 Å². The highest BCUT2D eigenvalue weighted by Gasteiger charge is 2.09. The number of hydrogen-bond acceptors (Lipinski definition) is 4.